The van der Waals surface area contributed by atoms with Gasteiger partial charge in [-0.15, -0.1) is 0 Å². The average Bonchev–Trinajstić information content (AvgIpc) is 2.37. The second-order valence-corrected chi connectivity index (χ2v) is 5.36. The Hall–Kier alpha value is -1.55. The number of nitrogens with two attached hydrogens (primary N) is 1. The molecular weight excluding hydrogens is 240 g/mol. The lowest BCUT2D eigenvalue weighted by molar-refractivity contribution is -0.130. The van der Waals surface area contributed by atoms with Crippen LogP contribution in [0.5, 0.6) is 5.75 Å². The van der Waals surface area contributed by atoms with E-state index in [1.54, 1.807) is 7.11 Å². The van der Waals surface area contributed by atoms with Crippen molar-refractivity contribution in [3.05, 3.63) is 29.8 Å². The van der Waals surface area contributed by atoms with E-state index in [9.17, 15) is 4.79 Å². The lowest BCUT2D eigenvalue weighted by atomic mass is 9.80. The first-order valence-corrected chi connectivity index (χ1v) is 6.71. The number of rotatable bonds is 5. The van der Waals surface area contributed by atoms with Crippen molar-refractivity contribution in [1.29, 1.82) is 0 Å². The van der Waals surface area contributed by atoms with Crippen LogP contribution in [0.25, 0.3) is 0 Å². The zero-order valence-corrected chi connectivity index (χ0v) is 11.6. The number of benzene rings is 1. The lowest BCUT2D eigenvalue weighted by Gasteiger charge is -2.35. The first-order valence-electron chi connectivity index (χ1n) is 6.71. The van der Waals surface area contributed by atoms with Gasteiger partial charge in [0.25, 0.3) is 0 Å². The van der Waals surface area contributed by atoms with E-state index in [0.717, 1.165) is 30.7 Å². The van der Waals surface area contributed by atoms with Crippen LogP contribution in [0.15, 0.2) is 24.3 Å². The van der Waals surface area contributed by atoms with Crippen LogP contribution < -0.4 is 10.5 Å². The number of carbonyl (C=O) groups is 1. The number of ether oxygens (including phenoxy) is 1. The molecule has 0 spiro atoms. The smallest absolute Gasteiger partial charge is 0.226 e. The number of amides is 1. The van der Waals surface area contributed by atoms with Gasteiger partial charge in [0.1, 0.15) is 5.75 Å². The molecule has 0 bridgehead atoms. The lowest BCUT2D eigenvalue weighted by Crippen LogP contribution is -2.43. The molecule has 1 aromatic carbocycles. The van der Waals surface area contributed by atoms with Gasteiger partial charge in [0.05, 0.1) is 13.5 Å². The molecule has 1 aromatic rings. The molecule has 2 N–H and O–H groups in total. The minimum absolute atomic E-state index is 0.130. The van der Waals surface area contributed by atoms with Crippen molar-refractivity contribution in [2.75, 3.05) is 20.7 Å². The first-order chi connectivity index (χ1) is 9.10. The Morgan fingerprint density at radius 2 is 2.11 bits per heavy atom. The van der Waals surface area contributed by atoms with Crippen LogP contribution in [-0.4, -0.2) is 37.6 Å². The molecule has 2 rings (SSSR count). The number of carbonyl (C=O) groups excluding carboxylic acids is 1. The van der Waals surface area contributed by atoms with Gasteiger partial charge in [-0.3, -0.25) is 4.79 Å². The van der Waals surface area contributed by atoms with Gasteiger partial charge in [0.2, 0.25) is 5.91 Å². The normalized spacial score (nSPS) is 21.6. The molecule has 0 saturated heterocycles. The predicted octanol–water partition coefficient (Wildman–Crippen LogP) is 1.43. The van der Waals surface area contributed by atoms with Crippen molar-refractivity contribution >= 4 is 5.91 Å². The van der Waals surface area contributed by atoms with E-state index in [-0.39, 0.29) is 5.91 Å². The SMILES string of the molecule is COc1ccccc1CC(=O)N(C)CC1CC(N)C1. The summed E-state index contributed by atoms with van der Waals surface area (Å²) in [4.78, 5) is 14.0. The molecule has 0 aliphatic heterocycles. The number of hydrogen-bond donors (Lipinski definition) is 1. The highest BCUT2D eigenvalue weighted by molar-refractivity contribution is 5.79. The fraction of sp³-hybridized carbons (Fsp3) is 0.533. The molecule has 4 heteroatoms. The van der Waals surface area contributed by atoms with Crippen LogP contribution in [0.3, 0.4) is 0 Å². The summed E-state index contributed by atoms with van der Waals surface area (Å²) < 4.78 is 5.27. The molecule has 1 amide bonds. The summed E-state index contributed by atoms with van der Waals surface area (Å²) in [5, 5.41) is 0. The minimum atomic E-state index is 0.130. The van der Waals surface area contributed by atoms with Gasteiger partial charge in [-0.05, 0) is 24.8 Å². The Morgan fingerprint density at radius 3 is 2.74 bits per heavy atom. The van der Waals surface area contributed by atoms with Crippen LogP contribution >= 0.6 is 0 Å². The minimum Gasteiger partial charge on any atom is -0.496 e. The van der Waals surface area contributed by atoms with Crippen LogP contribution in [-0.2, 0) is 11.2 Å². The van der Waals surface area contributed by atoms with Gasteiger partial charge in [-0.1, -0.05) is 18.2 Å². The van der Waals surface area contributed by atoms with Gasteiger partial charge >= 0.3 is 0 Å². The molecule has 1 saturated carbocycles. The maximum atomic E-state index is 12.2. The monoisotopic (exact) mass is 262 g/mol. The fourth-order valence-corrected chi connectivity index (χ4v) is 2.57. The molecule has 0 radical (unpaired) electrons. The topological polar surface area (TPSA) is 55.6 Å². The average molecular weight is 262 g/mol. The molecule has 0 aromatic heterocycles. The van der Waals surface area contributed by atoms with Gasteiger partial charge in [-0.2, -0.15) is 0 Å². The Bertz CT molecular complexity index is 442. The van der Waals surface area contributed by atoms with Gasteiger partial charge in [0.15, 0.2) is 0 Å². The van der Waals surface area contributed by atoms with Crippen LogP contribution in [0, 0.1) is 5.92 Å². The van der Waals surface area contributed by atoms with Gasteiger partial charge < -0.3 is 15.4 Å². The van der Waals surface area contributed by atoms with Crippen molar-refractivity contribution in [3.63, 3.8) is 0 Å². The zero-order chi connectivity index (χ0) is 13.8. The number of nitrogens with zero attached hydrogens (tertiary/aromatic N) is 1. The quantitative estimate of drug-likeness (QED) is 0.873. The summed E-state index contributed by atoms with van der Waals surface area (Å²) >= 11 is 0. The van der Waals surface area contributed by atoms with Gasteiger partial charge in [0, 0.05) is 25.2 Å². The maximum absolute atomic E-state index is 12.2. The second kappa shape index (κ2) is 6.06. The highest BCUT2D eigenvalue weighted by Gasteiger charge is 2.28. The van der Waals surface area contributed by atoms with E-state index in [4.69, 9.17) is 10.5 Å². The molecule has 0 unspecified atom stereocenters. The Kier molecular flexibility index (Phi) is 4.43. The highest BCUT2D eigenvalue weighted by Crippen LogP contribution is 2.26. The number of para-hydroxylation sites is 1. The molecule has 4 nitrogen and oxygen atoms in total. The first kappa shape index (κ1) is 13.9. The van der Waals surface area contributed by atoms with E-state index in [1.165, 1.54) is 0 Å². The van der Waals surface area contributed by atoms with Crippen LogP contribution in [0.2, 0.25) is 0 Å². The molecule has 19 heavy (non-hydrogen) atoms. The number of likely N-dealkylation sites (N-methyl/N-ethyl adjacent to an activating group) is 1. The van der Waals surface area contributed by atoms with E-state index in [2.05, 4.69) is 0 Å². The number of methoxy groups -OCH3 is 1. The van der Waals surface area contributed by atoms with E-state index < -0.39 is 0 Å². The van der Waals surface area contributed by atoms with Crippen molar-refractivity contribution in [2.24, 2.45) is 11.7 Å². The van der Waals surface area contributed by atoms with Crippen LogP contribution in [0.4, 0.5) is 0 Å². The van der Waals surface area contributed by atoms with Crippen molar-refractivity contribution in [2.45, 2.75) is 25.3 Å². The molecule has 1 fully saturated rings. The summed E-state index contributed by atoms with van der Waals surface area (Å²) in [5.74, 6) is 1.47. The van der Waals surface area contributed by atoms with Crippen molar-refractivity contribution < 1.29 is 9.53 Å². The number of hydrogen-bond acceptors (Lipinski definition) is 3. The zero-order valence-electron chi connectivity index (χ0n) is 11.6. The third-order valence-corrected chi connectivity index (χ3v) is 3.76. The Balaban J connectivity index is 1.89. The molecule has 104 valence electrons. The fourth-order valence-electron chi connectivity index (χ4n) is 2.57. The van der Waals surface area contributed by atoms with Crippen molar-refractivity contribution in [1.82, 2.24) is 4.90 Å². The maximum Gasteiger partial charge on any atom is 0.226 e. The highest BCUT2D eigenvalue weighted by atomic mass is 16.5. The van der Waals surface area contributed by atoms with E-state index in [0.29, 0.717) is 18.4 Å². The molecule has 0 heterocycles. The summed E-state index contributed by atoms with van der Waals surface area (Å²) in [6.45, 7) is 0.807. The summed E-state index contributed by atoms with van der Waals surface area (Å²) in [5.41, 5.74) is 6.70. The third kappa shape index (κ3) is 3.47. The standard InChI is InChI=1S/C15H22N2O2/c1-17(10-11-7-13(16)8-11)15(18)9-12-5-3-4-6-14(12)19-2/h3-6,11,13H,7-10,16H2,1-2H3. The summed E-state index contributed by atoms with van der Waals surface area (Å²) in [7, 11) is 3.49. The molecule has 1 aliphatic carbocycles. The second-order valence-electron chi connectivity index (χ2n) is 5.36. The van der Waals surface area contributed by atoms with Crippen LogP contribution in [0.1, 0.15) is 18.4 Å². The summed E-state index contributed by atoms with van der Waals surface area (Å²) in [6, 6.07) is 7.99. The Labute approximate surface area is 114 Å². The largest absolute Gasteiger partial charge is 0.496 e. The Morgan fingerprint density at radius 1 is 1.42 bits per heavy atom. The van der Waals surface area contributed by atoms with E-state index >= 15 is 0 Å². The third-order valence-electron chi connectivity index (χ3n) is 3.76. The van der Waals surface area contributed by atoms with Gasteiger partial charge in [-0.25, -0.2) is 0 Å². The van der Waals surface area contributed by atoms with Crippen molar-refractivity contribution in [3.8, 4) is 5.75 Å². The summed E-state index contributed by atoms with van der Waals surface area (Å²) in [6.07, 6.45) is 2.46. The molecule has 0 atom stereocenters. The molecule has 1 aliphatic rings. The predicted molar refractivity (Wildman–Crippen MR) is 75.0 cm³/mol. The molecular formula is C15H22N2O2. The van der Waals surface area contributed by atoms with E-state index in [1.807, 2.05) is 36.2 Å².